The Hall–Kier alpha value is -4.11. The Morgan fingerprint density at radius 3 is 2.00 bits per heavy atom. The zero-order valence-electron chi connectivity index (χ0n) is 18.4. The van der Waals surface area contributed by atoms with Gasteiger partial charge in [0.15, 0.2) is 15.6 Å². The summed E-state index contributed by atoms with van der Waals surface area (Å²) in [5.41, 5.74) is 1.85. The molecule has 3 aromatic carbocycles. The van der Waals surface area contributed by atoms with E-state index in [2.05, 4.69) is 15.5 Å². The number of aromatic nitrogens is 2. The first-order valence-corrected chi connectivity index (χ1v) is 12.0. The van der Waals surface area contributed by atoms with E-state index in [4.69, 9.17) is 4.42 Å². The highest BCUT2D eigenvalue weighted by Gasteiger charge is 2.20. The summed E-state index contributed by atoms with van der Waals surface area (Å²) in [6.07, 6.45) is 0. The first-order valence-electron chi connectivity index (χ1n) is 10.4. The molecule has 0 spiro atoms. The first kappa shape index (κ1) is 23.1. The van der Waals surface area contributed by atoms with E-state index in [1.807, 2.05) is 6.07 Å². The Balaban J connectivity index is 1.44. The number of rotatable bonds is 7. The van der Waals surface area contributed by atoms with Crippen LogP contribution in [0.15, 0.2) is 88.2 Å². The standard InChI is InChI=1S/C25H21N3O5S/c1-16(2)34(31,32)21-14-12-20(13-15-21)24-27-28-25(33-24)26-23(30)19-10-8-18(9-11-19)22(29)17-6-4-3-5-7-17/h3-16H,1-2H3,(H,26,28,30). The largest absolute Gasteiger partial charge is 0.403 e. The van der Waals surface area contributed by atoms with Gasteiger partial charge in [-0.15, -0.1) is 5.10 Å². The van der Waals surface area contributed by atoms with Gasteiger partial charge >= 0.3 is 6.01 Å². The van der Waals surface area contributed by atoms with Crippen LogP contribution in [-0.4, -0.2) is 35.6 Å². The molecule has 0 bridgehead atoms. The predicted octanol–water partition coefficient (Wildman–Crippen LogP) is 4.40. The van der Waals surface area contributed by atoms with Crippen LogP contribution in [0.25, 0.3) is 11.5 Å². The molecule has 1 amide bonds. The van der Waals surface area contributed by atoms with E-state index in [0.717, 1.165) is 0 Å². The van der Waals surface area contributed by atoms with E-state index < -0.39 is 21.0 Å². The number of carbonyl (C=O) groups excluding carboxylic acids is 2. The molecule has 0 radical (unpaired) electrons. The Labute approximate surface area is 196 Å². The average Bonchev–Trinajstić information content (AvgIpc) is 3.32. The second-order valence-corrected chi connectivity index (χ2v) is 10.3. The highest BCUT2D eigenvalue weighted by atomic mass is 32.2. The van der Waals surface area contributed by atoms with Crippen molar-refractivity contribution in [1.29, 1.82) is 0 Å². The van der Waals surface area contributed by atoms with Crippen LogP contribution in [0.4, 0.5) is 6.01 Å². The van der Waals surface area contributed by atoms with Crippen molar-refractivity contribution >= 4 is 27.5 Å². The van der Waals surface area contributed by atoms with Crippen molar-refractivity contribution in [3.8, 4) is 11.5 Å². The lowest BCUT2D eigenvalue weighted by molar-refractivity contribution is 0.101. The SMILES string of the molecule is CC(C)S(=O)(=O)c1ccc(-c2nnc(NC(=O)c3ccc(C(=O)c4ccccc4)cc3)o2)cc1. The summed E-state index contributed by atoms with van der Waals surface area (Å²) < 4.78 is 30.0. The molecule has 1 heterocycles. The van der Waals surface area contributed by atoms with Crippen LogP contribution in [0, 0.1) is 0 Å². The van der Waals surface area contributed by atoms with Gasteiger partial charge in [0.2, 0.25) is 5.89 Å². The summed E-state index contributed by atoms with van der Waals surface area (Å²) in [7, 11) is -3.39. The third-order valence-electron chi connectivity index (χ3n) is 5.14. The highest BCUT2D eigenvalue weighted by Crippen LogP contribution is 2.23. The summed E-state index contributed by atoms with van der Waals surface area (Å²) in [5.74, 6) is -0.485. The van der Waals surface area contributed by atoms with E-state index in [-0.39, 0.29) is 22.6 Å². The molecule has 1 aromatic heterocycles. The smallest absolute Gasteiger partial charge is 0.322 e. The highest BCUT2D eigenvalue weighted by molar-refractivity contribution is 7.92. The van der Waals surface area contributed by atoms with E-state index in [0.29, 0.717) is 22.3 Å². The van der Waals surface area contributed by atoms with E-state index in [1.54, 1.807) is 62.4 Å². The second kappa shape index (κ2) is 9.40. The number of benzene rings is 3. The minimum absolute atomic E-state index is 0.108. The fraction of sp³-hybridized carbons (Fsp3) is 0.120. The zero-order valence-corrected chi connectivity index (χ0v) is 19.2. The number of amides is 1. The molecule has 34 heavy (non-hydrogen) atoms. The minimum atomic E-state index is -3.39. The molecule has 4 aromatic rings. The van der Waals surface area contributed by atoms with Gasteiger partial charge in [0.25, 0.3) is 5.91 Å². The van der Waals surface area contributed by atoms with Crippen LogP contribution < -0.4 is 5.32 Å². The molecule has 0 fully saturated rings. The number of anilines is 1. The molecular formula is C25H21N3O5S. The zero-order chi connectivity index (χ0) is 24.3. The Morgan fingerprint density at radius 2 is 1.38 bits per heavy atom. The van der Waals surface area contributed by atoms with Crippen LogP contribution in [0.2, 0.25) is 0 Å². The number of ketones is 1. The fourth-order valence-corrected chi connectivity index (χ4v) is 4.21. The molecule has 9 heteroatoms. The summed E-state index contributed by atoms with van der Waals surface area (Å²) in [5, 5.41) is 9.71. The van der Waals surface area contributed by atoms with Crippen LogP contribution >= 0.6 is 0 Å². The molecule has 0 aliphatic heterocycles. The average molecular weight is 476 g/mol. The van der Waals surface area contributed by atoms with Gasteiger partial charge in [-0.05, 0) is 50.2 Å². The maximum absolute atomic E-state index is 12.5. The number of sulfone groups is 1. The summed E-state index contributed by atoms with van der Waals surface area (Å²) in [6, 6.07) is 21.1. The molecule has 0 saturated carbocycles. The lowest BCUT2D eigenvalue weighted by atomic mass is 10.0. The third kappa shape index (κ3) is 4.79. The lowest BCUT2D eigenvalue weighted by Gasteiger charge is -2.07. The fourth-order valence-electron chi connectivity index (χ4n) is 3.15. The Kier molecular flexibility index (Phi) is 6.38. The molecule has 1 N–H and O–H groups in total. The van der Waals surface area contributed by atoms with E-state index in [9.17, 15) is 18.0 Å². The second-order valence-electron chi connectivity index (χ2n) is 7.76. The van der Waals surface area contributed by atoms with Crippen molar-refractivity contribution in [1.82, 2.24) is 10.2 Å². The van der Waals surface area contributed by atoms with Gasteiger partial charge in [0, 0.05) is 22.3 Å². The maximum atomic E-state index is 12.5. The number of hydrogen-bond acceptors (Lipinski definition) is 7. The minimum Gasteiger partial charge on any atom is -0.403 e. The van der Waals surface area contributed by atoms with E-state index in [1.165, 1.54) is 24.3 Å². The lowest BCUT2D eigenvalue weighted by Crippen LogP contribution is -2.13. The van der Waals surface area contributed by atoms with Crippen LogP contribution in [0.5, 0.6) is 0 Å². The predicted molar refractivity (Wildman–Crippen MR) is 126 cm³/mol. The number of carbonyl (C=O) groups is 2. The molecule has 0 aliphatic carbocycles. The molecule has 0 aliphatic rings. The monoisotopic (exact) mass is 475 g/mol. The van der Waals surface area contributed by atoms with Crippen LogP contribution in [0.3, 0.4) is 0 Å². The molecule has 4 rings (SSSR count). The van der Waals surface area contributed by atoms with Crippen molar-refractivity contribution in [2.45, 2.75) is 24.0 Å². The van der Waals surface area contributed by atoms with Crippen LogP contribution in [-0.2, 0) is 9.84 Å². The molecule has 0 atom stereocenters. The van der Waals surface area contributed by atoms with Gasteiger partial charge in [-0.3, -0.25) is 14.9 Å². The number of nitrogens with zero attached hydrogens (tertiary/aromatic N) is 2. The van der Waals surface area contributed by atoms with Gasteiger partial charge in [-0.1, -0.05) is 47.6 Å². The summed E-state index contributed by atoms with van der Waals surface area (Å²) in [6.45, 7) is 3.23. The molecule has 172 valence electrons. The van der Waals surface area contributed by atoms with Crippen molar-refractivity contribution in [2.24, 2.45) is 0 Å². The molecule has 0 saturated heterocycles. The maximum Gasteiger partial charge on any atom is 0.322 e. The van der Waals surface area contributed by atoms with Crippen LogP contribution in [0.1, 0.15) is 40.1 Å². The van der Waals surface area contributed by atoms with Gasteiger partial charge in [-0.2, -0.15) is 0 Å². The molecule has 0 unspecified atom stereocenters. The van der Waals surface area contributed by atoms with Crippen molar-refractivity contribution in [2.75, 3.05) is 5.32 Å². The Bertz CT molecular complexity index is 1430. The normalized spacial score (nSPS) is 11.4. The first-order chi connectivity index (χ1) is 16.3. The number of hydrogen-bond donors (Lipinski definition) is 1. The summed E-state index contributed by atoms with van der Waals surface area (Å²) in [4.78, 5) is 25.2. The molecule has 8 nitrogen and oxygen atoms in total. The quantitative estimate of drug-likeness (QED) is 0.393. The van der Waals surface area contributed by atoms with E-state index >= 15 is 0 Å². The topological polar surface area (TPSA) is 119 Å². The third-order valence-corrected chi connectivity index (χ3v) is 7.31. The van der Waals surface area contributed by atoms with Crippen molar-refractivity contribution < 1.29 is 22.4 Å². The number of nitrogens with one attached hydrogen (secondary N) is 1. The van der Waals surface area contributed by atoms with Crippen molar-refractivity contribution in [3.05, 3.63) is 95.6 Å². The van der Waals surface area contributed by atoms with Gasteiger partial charge in [0.05, 0.1) is 10.1 Å². The van der Waals surface area contributed by atoms with Gasteiger partial charge in [-0.25, -0.2) is 8.42 Å². The molecular weight excluding hydrogens is 454 g/mol. The van der Waals surface area contributed by atoms with Gasteiger partial charge in [0.1, 0.15) is 0 Å². The van der Waals surface area contributed by atoms with Gasteiger partial charge < -0.3 is 4.42 Å². The Morgan fingerprint density at radius 1 is 0.794 bits per heavy atom. The van der Waals surface area contributed by atoms with Crippen molar-refractivity contribution in [3.63, 3.8) is 0 Å². The summed E-state index contributed by atoms with van der Waals surface area (Å²) >= 11 is 0.